The molecule has 126 valence electrons. The maximum absolute atomic E-state index is 12.1. The van der Waals surface area contributed by atoms with Gasteiger partial charge in [-0.25, -0.2) is 4.98 Å². The molecule has 3 fully saturated rings. The average molecular weight is 335 g/mol. The van der Waals surface area contributed by atoms with Crippen LogP contribution in [-0.2, 0) is 11.3 Å². The summed E-state index contributed by atoms with van der Waals surface area (Å²) >= 11 is 1.68. The van der Waals surface area contributed by atoms with E-state index in [2.05, 4.69) is 20.2 Å². The molecule has 23 heavy (non-hydrogen) atoms. The van der Waals surface area contributed by atoms with Crippen LogP contribution in [0.2, 0.25) is 0 Å². The van der Waals surface area contributed by atoms with Crippen molar-refractivity contribution in [3.63, 3.8) is 0 Å². The van der Waals surface area contributed by atoms with Crippen LogP contribution >= 0.6 is 11.3 Å². The number of hydrogen-bond acceptors (Lipinski definition) is 5. The second kappa shape index (κ2) is 5.83. The van der Waals surface area contributed by atoms with Gasteiger partial charge < -0.3 is 5.11 Å². The number of carboxylic acids is 1. The molecule has 3 heterocycles. The number of thiazole rings is 1. The van der Waals surface area contributed by atoms with Crippen molar-refractivity contribution in [2.45, 2.75) is 45.2 Å². The molecule has 0 bridgehead atoms. The lowest BCUT2D eigenvalue weighted by atomic mass is 9.81. The van der Waals surface area contributed by atoms with Crippen molar-refractivity contribution in [1.29, 1.82) is 0 Å². The number of nitrogens with zero attached hydrogens (tertiary/aromatic N) is 3. The van der Waals surface area contributed by atoms with Crippen LogP contribution < -0.4 is 0 Å². The van der Waals surface area contributed by atoms with E-state index in [0.717, 1.165) is 36.9 Å². The topological polar surface area (TPSA) is 56.7 Å². The first-order valence-electron chi connectivity index (χ1n) is 8.68. The first-order chi connectivity index (χ1) is 11.1. The zero-order chi connectivity index (χ0) is 16.0. The summed E-state index contributed by atoms with van der Waals surface area (Å²) in [5.74, 6) is -0.331. The Hall–Kier alpha value is -0.980. The molecule has 0 spiro atoms. The summed E-state index contributed by atoms with van der Waals surface area (Å²) in [6.07, 6.45) is 5.12. The SMILES string of the molecule is Cc1csc(CN2C[C@@H]3CN(C4CCCC4)C[C@]3(C(=O)O)C2)n1. The number of likely N-dealkylation sites (tertiary alicyclic amines) is 2. The van der Waals surface area contributed by atoms with Gasteiger partial charge in [0.2, 0.25) is 0 Å². The van der Waals surface area contributed by atoms with Crippen LogP contribution in [0.4, 0.5) is 0 Å². The van der Waals surface area contributed by atoms with Gasteiger partial charge in [0.25, 0.3) is 0 Å². The minimum absolute atomic E-state index is 0.265. The summed E-state index contributed by atoms with van der Waals surface area (Å²) in [4.78, 5) is 21.4. The van der Waals surface area contributed by atoms with Crippen molar-refractivity contribution < 1.29 is 9.90 Å². The fourth-order valence-corrected chi connectivity index (χ4v) is 5.66. The maximum Gasteiger partial charge on any atom is 0.312 e. The van der Waals surface area contributed by atoms with Gasteiger partial charge in [0, 0.05) is 49.2 Å². The molecular weight excluding hydrogens is 310 g/mol. The Kier molecular flexibility index (Phi) is 3.94. The highest BCUT2D eigenvalue weighted by Gasteiger charge is 2.58. The zero-order valence-electron chi connectivity index (χ0n) is 13.7. The fourth-order valence-electron chi connectivity index (χ4n) is 4.85. The number of aromatic nitrogens is 1. The maximum atomic E-state index is 12.1. The highest BCUT2D eigenvalue weighted by Crippen LogP contribution is 2.45. The second-order valence-corrected chi connectivity index (χ2v) is 8.52. The highest BCUT2D eigenvalue weighted by atomic mass is 32.1. The number of aryl methyl sites for hydroxylation is 1. The molecule has 1 aromatic rings. The number of hydrogen-bond donors (Lipinski definition) is 1. The van der Waals surface area contributed by atoms with E-state index < -0.39 is 11.4 Å². The van der Waals surface area contributed by atoms with Crippen molar-refractivity contribution in [3.05, 3.63) is 16.1 Å². The van der Waals surface area contributed by atoms with Crippen molar-refractivity contribution in [3.8, 4) is 0 Å². The van der Waals surface area contributed by atoms with E-state index in [4.69, 9.17) is 0 Å². The van der Waals surface area contributed by atoms with Gasteiger partial charge >= 0.3 is 5.97 Å². The predicted molar refractivity (Wildman–Crippen MR) is 89.5 cm³/mol. The van der Waals surface area contributed by atoms with Crippen LogP contribution in [0.1, 0.15) is 36.4 Å². The minimum Gasteiger partial charge on any atom is -0.481 e. The summed E-state index contributed by atoms with van der Waals surface area (Å²) in [5, 5.41) is 13.1. The molecule has 3 aliphatic rings. The van der Waals surface area contributed by atoms with E-state index in [1.165, 1.54) is 25.7 Å². The van der Waals surface area contributed by atoms with Gasteiger partial charge in [-0.2, -0.15) is 0 Å². The molecule has 1 aliphatic carbocycles. The van der Waals surface area contributed by atoms with Gasteiger partial charge in [-0.3, -0.25) is 14.6 Å². The number of fused-ring (bicyclic) bond motifs is 1. The van der Waals surface area contributed by atoms with Crippen LogP contribution in [0.5, 0.6) is 0 Å². The second-order valence-electron chi connectivity index (χ2n) is 7.58. The van der Waals surface area contributed by atoms with Crippen LogP contribution in [0.15, 0.2) is 5.38 Å². The van der Waals surface area contributed by atoms with E-state index in [1.807, 2.05) is 6.92 Å². The summed E-state index contributed by atoms with van der Waals surface area (Å²) in [6, 6.07) is 0.631. The summed E-state index contributed by atoms with van der Waals surface area (Å²) in [5.41, 5.74) is 0.499. The zero-order valence-corrected chi connectivity index (χ0v) is 14.5. The first-order valence-corrected chi connectivity index (χ1v) is 9.55. The molecule has 1 N–H and O–H groups in total. The molecular formula is C17H25N3O2S. The lowest BCUT2D eigenvalue weighted by molar-refractivity contribution is -0.149. The van der Waals surface area contributed by atoms with E-state index in [9.17, 15) is 9.90 Å². The quantitative estimate of drug-likeness (QED) is 0.914. The van der Waals surface area contributed by atoms with Gasteiger partial charge in [0.1, 0.15) is 5.01 Å². The van der Waals surface area contributed by atoms with Crippen molar-refractivity contribution in [2.24, 2.45) is 11.3 Å². The highest BCUT2D eigenvalue weighted by molar-refractivity contribution is 7.09. The minimum atomic E-state index is -0.596. The van der Waals surface area contributed by atoms with Crippen molar-refractivity contribution in [1.82, 2.24) is 14.8 Å². The number of rotatable bonds is 4. The predicted octanol–water partition coefficient (Wildman–Crippen LogP) is 2.21. The van der Waals surface area contributed by atoms with Gasteiger partial charge in [0.05, 0.1) is 12.0 Å². The Morgan fingerprint density at radius 3 is 2.78 bits per heavy atom. The first kappa shape index (κ1) is 15.5. The van der Waals surface area contributed by atoms with Crippen molar-refractivity contribution in [2.75, 3.05) is 26.2 Å². The molecule has 2 saturated heterocycles. The normalized spacial score (nSPS) is 32.7. The number of aliphatic carboxylic acids is 1. The Balaban J connectivity index is 1.47. The third-order valence-corrected chi connectivity index (χ3v) is 6.95. The Bertz CT molecular complexity index is 598. The Labute approximate surface area is 141 Å². The lowest BCUT2D eigenvalue weighted by Gasteiger charge is -2.28. The third kappa shape index (κ3) is 2.71. The summed E-state index contributed by atoms with van der Waals surface area (Å²) in [6.45, 7) is 6.09. The molecule has 0 aromatic carbocycles. The molecule has 6 heteroatoms. The van der Waals surface area contributed by atoms with Gasteiger partial charge in [0.15, 0.2) is 0 Å². The molecule has 1 saturated carbocycles. The molecule has 2 aliphatic heterocycles. The smallest absolute Gasteiger partial charge is 0.312 e. The molecule has 5 nitrogen and oxygen atoms in total. The molecule has 4 rings (SSSR count). The standard InChI is InChI=1S/C17H25N3O2S/c1-12-9-23-15(18-12)8-19-6-13-7-20(14-4-2-3-5-14)11-17(13,10-19)16(21)22/h9,13-14H,2-8,10-11H2,1H3,(H,21,22)/t13-,17-/m1/s1. The van der Waals surface area contributed by atoms with E-state index in [-0.39, 0.29) is 5.92 Å². The largest absolute Gasteiger partial charge is 0.481 e. The summed E-state index contributed by atoms with van der Waals surface area (Å²) < 4.78 is 0. The van der Waals surface area contributed by atoms with Crippen LogP contribution in [0, 0.1) is 18.3 Å². The van der Waals surface area contributed by atoms with E-state index in [1.54, 1.807) is 11.3 Å². The Morgan fingerprint density at radius 1 is 1.39 bits per heavy atom. The van der Waals surface area contributed by atoms with Gasteiger partial charge in [-0.15, -0.1) is 11.3 Å². The van der Waals surface area contributed by atoms with Crippen molar-refractivity contribution >= 4 is 17.3 Å². The average Bonchev–Trinajstić information content (AvgIpc) is 3.21. The fraction of sp³-hybridized carbons (Fsp3) is 0.765. The molecule has 0 radical (unpaired) electrons. The number of carboxylic acid groups (broad SMARTS) is 1. The monoisotopic (exact) mass is 335 g/mol. The van der Waals surface area contributed by atoms with Crippen LogP contribution in [-0.4, -0.2) is 58.1 Å². The summed E-state index contributed by atoms with van der Waals surface area (Å²) in [7, 11) is 0. The molecule has 1 aromatic heterocycles. The van der Waals surface area contributed by atoms with Crippen LogP contribution in [0.25, 0.3) is 0 Å². The van der Waals surface area contributed by atoms with E-state index in [0.29, 0.717) is 12.6 Å². The van der Waals surface area contributed by atoms with E-state index >= 15 is 0 Å². The van der Waals surface area contributed by atoms with Gasteiger partial charge in [-0.1, -0.05) is 12.8 Å². The number of carbonyl (C=O) groups is 1. The molecule has 0 amide bonds. The Morgan fingerprint density at radius 2 is 2.17 bits per heavy atom. The molecule has 2 atom stereocenters. The van der Waals surface area contributed by atoms with Gasteiger partial charge in [-0.05, 0) is 19.8 Å². The van der Waals surface area contributed by atoms with Crippen LogP contribution in [0.3, 0.4) is 0 Å². The third-order valence-electron chi connectivity index (χ3n) is 6.00. The lowest BCUT2D eigenvalue weighted by Crippen LogP contribution is -2.42. The molecule has 0 unspecified atom stereocenters.